The van der Waals surface area contributed by atoms with Gasteiger partial charge in [0.2, 0.25) is 0 Å². The first kappa shape index (κ1) is 26.9. The van der Waals surface area contributed by atoms with Crippen LogP contribution in [0.15, 0.2) is 18.2 Å². The van der Waals surface area contributed by atoms with E-state index in [-0.39, 0.29) is 17.3 Å². The van der Waals surface area contributed by atoms with Crippen molar-refractivity contribution < 1.29 is 29.3 Å². The Bertz CT molecular complexity index is 1190. The van der Waals surface area contributed by atoms with E-state index in [0.717, 1.165) is 63.5 Å². The van der Waals surface area contributed by atoms with Crippen molar-refractivity contribution in [3.05, 3.63) is 68.8 Å². The van der Waals surface area contributed by atoms with Gasteiger partial charge in [0.05, 0.1) is 14.2 Å². The van der Waals surface area contributed by atoms with Crippen molar-refractivity contribution in [2.24, 2.45) is 0 Å². The fraction of sp³-hybridized carbons (Fsp3) is 0.429. The van der Waals surface area contributed by atoms with Crippen molar-refractivity contribution in [3.63, 3.8) is 0 Å². The monoisotopic (exact) mass is 496 g/mol. The molecular formula is C28H36N2O6. The number of carbonyl (C=O) groups is 2. The molecule has 0 fully saturated rings. The minimum atomic E-state index is -0.996. The summed E-state index contributed by atoms with van der Waals surface area (Å²) < 4.78 is 10.9. The van der Waals surface area contributed by atoms with Gasteiger partial charge in [-0.15, -0.1) is 0 Å². The zero-order valence-corrected chi connectivity index (χ0v) is 21.9. The Kier molecular flexibility index (Phi) is 8.50. The van der Waals surface area contributed by atoms with Gasteiger partial charge in [0.25, 0.3) is 0 Å². The van der Waals surface area contributed by atoms with Crippen LogP contribution in [0.4, 0.5) is 0 Å². The number of nitrogens with one attached hydrogen (secondary N) is 2. The normalized spacial score (nSPS) is 11.2. The molecule has 0 bridgehead atoms. The molecule has 0 saturated heterocycles. The lowest BCUT2D eigenvalue weighted by Gasteiger charge is -2.19. The molecule has 0 aliphatic carbocycles. The zero-order valence-electron chi connectivity index (χ0n) is 21.9. The first-order valence-corrected chi connectivity index (χ1v) is 12.3. The summed E-state index contributed by atoms with van der Waals surface area (Å²) in [6, 6.07) is 5.70. The molecule has 0 spiro atoms. The highest BCUT2D eigenvalue weighted by Gasteiger charge is 2.29. The summed E-state index contributed by atoms with van der Waals surface area (Å²) in [5, 5.41) is 19.6. The second kappa shape index (κ2) is 11.4. The third-order valence-corrected chi connectivity index (χ3v) is 7.09. The minimum absolute atomic E-state index is 0.197. The number of hydrogen-bond acceptors (Lipinski definition) is 4. The first-order valence-electron chi connectivity index (χ1n) is 12.3. The van der Waals surface area contributed by atoms with E-state index in [0.29, 0.717) is 19.3 Å². The maximum absolute atomic E-state index is 12.0. The molecule has 36 heavy (non-hydrogen) atoms. The Morgan fingerprint density at radius 1 is 0.889 bits per heavy atom. The lowest BCUT2D eigenvalue weighted by molar-refractivity contribution is 0.0679. The fourth-order valence-electron chi connectivity index (χ4n) is 5.26. The lowest BCUT2D eigenvalue weighted by atomic mass is 9.88. The number of H-pyrrole nitrogens is 2. The van der Waals surface area contributed by atoms with Gasteiger partial charge in [0.1, 0.15) is 22.9 Å². The van der Waals surface area contributed by atoms with Crippen LogP contribution in [0, 0.1) is 13.8 Å². The molecule has 0 radical (unpaired) electrons. The third kappa shape index (κ3) is 5.12. The summed E-state index contributed by atoms with van der Waals surface area (Å²) in [6.45, 7) is 7.75. The van der Waals surface area contributed by atoms with Crippen molar-refractivity contribution in [2.75, 3.05) is 14.2 Å². The largest absolute Gasteiger partial charge is 0.497 e. The van der Waals surface area contributed by atoms with E-state index < -0.39 is 11.9 Å². The van der Waals surface area contributed by atoms with Crippen LogP contribution >= 0.6 is 0 Å². The van der Waals surface area contributed by atoms with Gasteiger partial charge >= 0.3 is 11.9 Å². The Morgan fingerprint density at radius 2 is 1.42 bits per heavy atom. The fourth-order valence-corrected chi connectivity index (χ4v) is 5.26. The number of ether oxygens (including phenoxy) is 2. The van der Waals surface area contributed by atoms with E-state index in [2.05, 4.69) is 9.97 Å². The second-order valence-corrected chi connectivity index (χ2v) is 8.97. The van der Waals surface area contributed by atoms with Crippen LogP contribution in [-0.4, -0.2) is 46.3 Å². The van der Waals surface area contributed by atoms with Crippen molar-refractivity contribution >= 4 is 11.9 Å². The number of aromatic carboxylic acids is 2. The number of rotatable bonds is 12. The molecule has 0 unspecified atom stereocenters. The van der Waals surface area contributed by atoms with Crippen molar-refractivity contribution in [3.8, 4) is 11.5 Å². The number of aromatic amines is 2. The number of aromatic nitrogens is 2. The average Bonchev–Trinajstić information content (AvgIpc) is 3.38. The van der Waals surface area contributed by atoms with Crippen molar-refractivity contribution in [1.82, 2.24) is 9.97 Å². The Hall–Kier alpha value is -3.68. The van der Waals surface area contributed by atoms with Gasteiger partial charge in [-0.05, 0) is 92.0 Å². The van der Waals surface area contributed by atoms with E-state index in [9.17, 15) is 19.8 Å². The minimum Gasteiger partial charge on any atom is -0.497 e. The molecule has 8 nitrogen and oxygen atoms in total. The van der Waals surface area contributed by atoms with Gasteiger partial charge in [0.15, 0.2) is 0 Å². The van der Waals surface area contributed by atoms with Crippen molar-refractivity contribution in [2.45, 2.75) is 65.7 Å². The Balaban J connectivity index is 2.06. The highest BCUT2D eigenvalue weighted by molar-refractivity contribution is 5.89. The van der Waals surface area contributed by atoms with Crippen molar-refractivity contribution in [1.29, 1.82) is 0 Å². The number of benzene rings is 1. The summed E-state index contributed by atoms with van der Waals surface area (Å²) in [4.78, 5) is 30.3. The standard InChI is InChI=1S/C28H36N2O6/c1-7-19-15(3)23(29-25(19)27(31)32)21(24-16(4)20(8-2)26(30-24)28(33)34)11-9-10-17-14-18(35-5)12-13-22(17)36-6/h12-14,21,29-30H,7-11H2,1-6H3,(H,31,32)(H,33,34). The van der Waals surface area contributed by atoms with E-state index >= 15 is 0 Å². The van der Waals surface area contributed by atoms with E-state index in [1.807, 2.05) is 45.9 Å². The summed E-state index contributed by atoms with van der Waals surface area (Å²) in [5.41, 5.74) is 6.39. The van der Waals surface area contributed by atoms with Crippen LogP contribution in [-0.2, 0) is 19.3 Å². The van der Waals surface area contributed by atoms with Gasteiger partial charge in [-0.1, -0.05) is 13.8 Å². The molecule has 2 aromatic heterocycles. The maximum Gasteiger partial charge on any atom is 0.352 e. The van der Waals surface area contributed by atoms with Crippen LogP contribution in [0.2, 0.25) is 0 Å². The van der Waals surface area contributed by atoms with Gasteiger partial charge in [0, 0.05) is 17.3 Å². The number of aryl methyl sites for hydroxylation is 1. The average molecular weight is 497 g/mol. The highest BCUT2D eigenvalue weighted by atomic mass is 16.5. The quantitative estimate of drug-likeness (QED) is 0.257. The Labute approximate surface area is 211 Å². The topological polar surface area (TPSA) is 125 Å². The van der Waals surface area contributed by atoms with Crippen LogP contribution < -0.4 is 9.47 Å². The predicted molar refractivity (Wildman–Crippen MR) is 138 cm³/mol. The van der Waals surface area contributed by atoms with E-state index in [1.165, 1.54) is 0 Å². The lowest BCUT2D eigenvalue weighted by Crippen LogP contribution is -2.08. The number of hydrogen-bond donors (Lipinski definition) is 4. The third-order valence-electron chi connectivity index (χ3n) is 7.09. The van der Waals surface area contributed by atoms with Crippen LogP contribution in [0.1, 0.15) is 92.8 Å². The summed E-state index contributed by atoms with van der Waals surface area (Å²) in [6.07, 6.45) is 3.32. The van der Waals surface area contributed by atoms with Gasteiger partial charge in [-0.3, -0.25) is 0 Å². The highest BCUT2D eigenvalue weighted by Crippen LogP contribution is 2.37. The number of carboxylic acid groups (broad SMARTS) is 2. The summed E-state index contributed by atoms with van der Waals surface area (Å²) in [7, 11) is 3.26. The first-order chi connectivity index (χ1) is 17.2. The van der Waals surface area contributed by atoms with Crippen LogP contribution in [0.3, 0.4) is 0 Å². The number of methoxy groups -OCH3 is 2. The molecule has 3 aromatic rings. The summed E-state index contributed by atoms with van der Waals surface area (Å²) in [5.74, 6) is -0.685. The molecule has 0 atom stereocenters. The molecule has 8 heteroatoms. The van der Waals surface area contributed by atoms with Crippen LogP contribution in [0.5, 0.6) is 11.5 Å². The van der Waals surface area contributed by atoms with E-state index in [4.69, 9.17) is 9.47 Å². The smallest absolute Gasteiger partial charge is 0.352 e. The Morgan fingerprint density at radius 3 is 1.81 bits per heavy atom. The SMILES string of the molecule is CCc1c(C(=O)O)[nH]c(C(CCCc2cc(OC)ccc2OC)c2[nH]c(C(=O)O)c(CC)c2C)c1C. The zero-order chi connectivity index (χ0) is 26.6. The van der Waals surface area contributed by atoms with Gasteiger partial charge < -0.3 is 29.7 Å². The van der Waals surface area contributed by atoms with Gasteiger partial charge in [-0.2, -0.15) is 0 Å². The van der Waals surface area contributed by atoms with Crippen LogP contribution in [0.25, 0.3) is 0 Å². The molecule has 4 N–H and O–H groups in total. The summed E-state index contributed by atoms with van der Waals surface area (Å²) >= 11 is 0. The molecule has 0 amide bonds. The molecule has 1 aromatic carbocycles. The molecule has 2 heterocycles. The molecule has 0 aliphatic rings. The predicted octanol–water partition coefficient (Wildman–Crippen LogP) is 5.65. The number of carboxylic acids is 2. The molecule has 0 saturated carbocycles. The molecule has 3 rings (SSSR count). The second-order valence-electron chi connectivity index (χ2n) is 8.97. The maximum atomic E-state index is 12.0. The van der Waals surface area contributed by atoms with Gasteiger partial charge in [-0.25, -0.2) is 9.59 Å². The molecule has 194 valence electrons. The molecule has 0 aliphatic heterocycles. The van der Waals surface area contributed by atoms with E-state index in [1.54, 1.807) is 14.2 Å². The molecular weight excluding hydrogens is 460 g/mol.